The van der Waals surface area contributed by atoms with Crippen molar-refractivity contribution in [3.63, 3.8) is 0 Å². The highest BCUT2D eigenvalue weighted by molar-refractivity contribution is 6.30. The highest BCUT2D eigenvalue weighted by Crippen LogP contribution is 2.28. The van der Waals surface area contributed by atoms with Crippen molar-refractivity contribution in [2.75, 3.05) is 34.0 Å². The first-order valence-electron chi connectivity index (χ1n) is 8.07. The van der Waals surface area contributed by atoms with Crippen molar-refractivity contribution in [3.8, 4) is 17.2 Å². The number of ether oxygens (including phenoxy) is 4. The number of hydrogen-bond acceptors (Lipinski definition) is 6. The van der Waals surface area contributed by atoms with Gasteiger partial charge in [-0.3, -0.25) is 4.79 Å². The molecular weight excluding hydrogens is 374 g/mol. The number of amides is 1. The van der Waals surface area contributed by atoms with Crippen LogP contribution >= 0.6 is 11.6 Å². The van der Waals surface area contributed by atoms with E-state index in [1.165, 1.54) is 20.3 Å². The van der Waals surface area contributed by atoms with Crippen LogP contribution in [0.3, 0.4) is 0 Å². The fourth-order valence-electron chi connectivity index (χ4n) is 2.12. The van der Waals surface area contributed by atoms with Crippen molar-refractivity contribution in [2.45, 2.75) is 0 Å². The summed E-state index contributed by atoms with van der Waals surface area (Å²) in [6.45, 7) is 0.301. The molecule has 0 unspecified atom stereocenters. The van der Waals surface area contributed by atoms with Crippen LogP contribution in [0.4, 0.5) is 0 Å². The molecule has 2 aromatic rings. The minimum atomic E-state index is -0.537. The number of esters is 1. The third-order valence-electron chi connectivity index (χ3n) is 3.45. The van der Waals surface area contributed by atoms with Crippen LogP contribution in [0.5, 0.6) is 17.2 Å². The van der Waals surface area contributed by atoms with Crippen molar-refractivity contribution in [2.24, 2.45) is 0 Å². The molecule has 0 radical (unpaired) electrons. The molecular formula is C19H20ClNO6. The molecule has 2 aromatic carbocycles. The van der Waals surface area contributed by atoms with E-state index in [1.54, 1.807) is 36.4 Å². The summed E-state index contributed by atoms with van der Waals surface area (Å²) in [5, 5.41) is 3.32. The molecule has 1 N–H and O–H groups in total. The van der Waals surface area contributed by atoms with Crippen LogP contribution in [-0.4, -0.2) is 45.9 Å². The number of halogens is 1. The lowest BCUT2D eigenvalue weighted by molar-refractivity contribution is -0.142. The standard InChI is InChI=1S/C19H20ClNO6/c1-24-16-7-6-13(10-17(16)27-12-18(22)25-2)19(23)21-8-9-26-15-5-3-4-14(20)11-15/h3-7,10-11H,8-9,12H2,1-2H3,(H,21,23). The molecule has 0 aliphatic carbocycles. The van der Waals surface area contributed by atoms with Gasteiger partial charge in [-0.25, -0.2) is 4.79 Å². The molecule has 0 spiro atoms. The summed E-state index contributed by atoms with van der Waals surface area (Å²) in [6.07, 6.45) is 0. The van der Waals surface area contributed by atoms with E-state index in [9.17, 15) is 9.59 Å². The van der Waals surface area contributed by atoms with Crippen molar-refractivity contribution >= 4 is 23.5 Å². The average molecular weight is 394 g/mol. The van der Waals surface area contributed by atoms with E-state index in [0.717, 1.165) is 0 Å². The van der Waals surface area contributed by atoms with Crippen LogP contribution in [0.1, 0.15) is 10.4 Å². The smallest absolute Gasteiger partial charge is 0.343 e. The average Bonchev–Trinajstić information content (AvgIpc) is 2.69. The molecule has 0 fully saturated rings. The number of nitrogens with one attached hydrogen (secondary N) is 1. The Labute approximate surface area is 162 Å². The second-order valence-electron chi connectivity index (χ2n) is 5.29. The normalized spacial score (nSPS) is 10.0. The number of rotatable bonds is 9. The van der Waals surface area contributed by atoms with Gasteiger partial charge in [0.15, 0.2) is 18.1 Å². The van der Waals surface area contributed by atoms with E-state index in [0.29, 0.717) is 28.6 Å². The van der Waals surface area contributed by atoms with Crippen LogP contribution < -0.4 is 19.5 Å². The number of benzene rings is 2. The van der Waals surface area contributed by atoms with Gasteiger partial charge in [-0.15, -0.1) is 0 Å². The minimum absolute atomic E-state index is 0.269. The lowest BCUT2D eigenvalue weighted by Gasteiger charge is -2.12. The summed E-state index contributed by atoms with van der Waals surface area (Å²) < 4.78 is 20.6. The van der Waals surface area contributed by atoms with Gasteiger partial charge in [0.1, 0.15) is 12.4 Å². The third kappa shape index (κ3) is 6.38. The molecule has 0 bridgehead atoms. The zero-order valence-corrected chi connectivity index (χ0v) is 15.7. The topological polar surface area (TPSA) is 83.1 Å². The summed E-state index contributed by atoms with van der Waals surface area (Å²) in [6, 6.07) is 11.7. The Morgan fingerprint density at radius 1 is 1.04 bits per heavy atom. The van der Waals surface area contributed by atoms with Crippen molar-refractivity contribution < 1.29 is 28.5 Å². The van der Waals surface area contributed by atoms with Gasteiger partial charge in [0.2, 0.25) is 0 Å². The predicted octanol–water partition coefficient (Wildman–Crippen LogP) is 2.71. The molecule has 7 nitrogen and oxygen atoms in total. The van der Waals surface area contributed by atoms with Gasteiger partial charge in [-0.2, -0.15) is 0 Å². The first kappa shape index (κ1) is 20.4. The molecule has 0 aliphatic heterocycles. The van der Waals surface area contributed by atoms with Crippen LogP contribution in [0.25, 0.3) is 0 Å². The quantitative estimate of drug-likeness (QED) is 0.521. The Morgan fingerprint density at radius 2 is 1.85 bits per heavy atom. The number of hydrogen-bond donors (Lipinski definition) is 1. The fraction of sp³-hybridized carbons (Fsp3) is 0.263. The van der Waals surface area contributed by atoms with E-state index < -0.39 is 5.97 Å². The molecule has 0 aromatic heterocycles. The Kier molecular flexibility index (Phi) is 7.76. The second-order valence-corrected chi connectivity index (χ2v) is 5.73. The van der Waals surface area contributed by atoms with Crippen LogP contribution in [-0.2, 0) is 9.53 Å². The van der Waals surface area contributed by atoms with Crippen molar-refractivity contribution in [3.05, 3.63) is 53.1 Å². The molecule has 0 aliphatic rings. The predicted molar refractivity (Wildman–Crippen MR) is 99.8 cm³/mol. The molecule has 1 amide bonds. The molecule has 0 saturated heterocycles. The van der Waals surface area contributed by atoms with E-state index in [-0.39, 0.29) is 24.9 Å². The van der Waals surface area contributed by atoms with E-state index in [4.69, 9.17) is 25.8 Å². The third-order valence-corrected chi connectivity index (χ3v) is 3.69. The Morgan fingerprint density at radius 3 is 2.56 bits per heavy atom. The van der Waals surface area contributed by atoms with Gasteiger partial charge in [-0.05, 0) is 36.4 Å². The fourth-order valence-corrected chi connectivity index (χ4v) is 2.30. The van der Waals surface area contributed by atoms with Crippen LogP contribution in [0, 0.1) is 0 Å². The van der Waals surface area contributed by atoms with Crippen LogP contribution in [0.2, 0.25) is 5.02 Å². The first-order chi connectivity index (χ1) is 13.0. The molecule has 8 heteroatoms. The Hall–Kier alpha value is -2.93. The first-order valence-corrected chi connectivity index (χ1v) is 8.45. The minimum Gasteiger partial charge on any atom is -0.493 e. The summed E-state index contributed by atoms with van der Waals surface area (Å²) in [7, 11) is 2.73. The SMILES string of the molecule is COC(=O)COc1cc(C(=O)NCCOc2cccc(Cl)c2)ccc1OC. The molecule has 0 saturated carbocycles. The summed E-state index contributed by atoms with van der Waals surface area (Å²) >= 11 is 5.88. The van der Waals surface area contributed by atoms with Gasteiger partial charge >= 0.3 is 5.97 Å². The van der Waals surface area contributed by atoms with E-state index in [2.05, 4.69) is 10.1 Å². The van der Waals surface area contributed by atoms with Gasteiger partial charge in [0.05, 0.1) is 20.8 Å². The zero-order chi connectivity index (χ0) is 19.6. The Bertz CT molecular complexity index is 796. The van der Waals surface area contributed by atoms with Gasteiger partial charge in [0, 0.05) is 10.6 Å². The highest BCUT2D eigenvalue weighted by Gasteiger charge is 2.12. The van der Waals surface area contributed by atoms with Gasteiger partial charge < -0.3 is 24.3 Å². The summed E-state index contributed by atoms with van der Waals surface area (Å²) in [5.74, 6) is 0.450. The van der Waals surface area contributed by atoms with Crippen molar-refractivity contribution in [1.29, 1.82) is 0 Å². The lowest BCUT2D eigenvalue weighted by Crippen LogP contribution is -2.28. The number of methoxy groups -OCH3 is 2. The van der Waals surface area contributed by atoms with Crippen molar-refractivity contribution in [1.82, 2.24) is 5.32 Å². The maximum Gasteiger partial charge on any atom is 0.343 e. The second kappa shape index (κ2) is 10.3. The van der Waals surface area contributed by atoms with Crippen LogP contribution in [0.15, 0.2) is 42.5 Å². The summed E-state index contributed by atoms with van der Waals surface area (Å²) in [5.41, 5.74) is 0.360. The maximum atomic E-state index is 12.3. The van der Waals surface area contributed by atoms with Gasteiger partial charge in [0.25, 0.3) is 5.91 Å². The number of carbonyl (C=O) groups excluding carboxylic acids is 2. The Balaban J connectivity index is 1.90. The molecule has 0 atom stereocenters. The lowest BCUT2D eigenvalue weighted by atomic mass is 10.2. The van der Waals surface area contributed by atoms with E-state index in [1.807, 2.05) is 0 Å². The molecule has 2 rings (SSSR count). The monoisotopic (exact) mass is 393 g/mol. The molecule has 27 heavy (non-hydrogen) atoms. The summed E-state index contributed by atoms with van der Waals surface area (Å²) in [4.78, 5) is 23.5. The molecule has 144 valence electrons. The highest BCUT2D eigenvalue weighted by atomic mass is 35.5. The van der Waals surface area contributed by atoms with E-state index >= 15 is 0 Å². The maximum absolute atomic E-state index is 12.3. The van der Waals surface area contributed by atoms with Gasteiger partial charge in [-0.1, -0.05) is 17.7 Å². The largest absolute Gasteiger partial charge is 0.493 e. The zero-order valence-electron chi connectivity index (χ0n) is 15.0. The molecule has 0 heterocycles. The number of carbonyl (C=O) groups is 2.